The van der Waals surface area contributed by atoms with Crippen LogP contribution in [0.2, 0.25) is 0 Å². The first kappa shape index (κ1) is 60.5. The highest BCUT2D eigenvalue weighted by molar-refractivity contribution is 7.86. The van der Waals surface area contributed by atoms with Crippen molar-refractivity contribution in [1.29, 1.82) is 0 Å². The summed E-state index contributed by atoms with van der Waals surface area (Å²) in [6, 6.07) is 10.4. The summed E-state index contributed by atoms with van der Waals surface area (Å²) in [5.74, 6) is 0. The summed E-state index contributed by atoms with van der Waals surface area (Å²) < 4.78 is 71.7. The third-order valence-electron chi connectivity index (χ3n) is 15.8. The van der Waals surface area contributed by atoms with Crippen LogP contribution in [0.3, 0.4) is 0 Å². The molecule has 400 valence electrons. The SMILES string of the molecule is CCCCCCCCCCCCCCCCC(C)N1C(=CC=CC=CC2=[N+](C(C)CCCCCCCCCCCCCCCC)c3ccc(S(=O)(=O)O)cc3C2(C)C)C(C)(C)c2cc(S(=O)(=O)O)ccc21. The van der Waals surface area contributed by atoms with Crippen molar-refractivity contribution < 1.29 is 30.5 Å². The fourth-order valence-electron chi connectivity index (χ4n) is 11.3. The van der Waals surface area contributed by atoms with Gasteiger partial charge in [0.2, 0.25) is 5.69 Å². The number of fused-ring (bicyclic) bond motifs is 2. The van der Waals surface area contributed by atoms with Crippen LogP contribution in [0.15, 0.2) is 82.3 Å². The van der Waals surface area contributed by atoms with E-state index >= 15 is 0 Å². The van der Waals surface area contributed by atoms with Gasteiger partial charge in [0.05, 0.1) is 15.2 Å². The highest BCUT2D eigenvalue weighted by Crippen LogP contribution is 2.50. The molecule has 2 heterocycles. The highest BCUT2D eigenvalue weighted by Gasteiger charge is 2.47. The first-order chi connectivity index (χ1) is 33.9. The van der Waals surface area contributed by atoms with E-state index in [0.717, 1.165) is 59.6 Å². The molecule has 0 aromatic heterocycles. The number of allylic oxidation sites excluding steroid dienone is 6. The van der Waals surface area contributed by atoms with Crippen LogP contribution in [0.25, 0.3) is 0 Å². The average Bonchev–Trinajstić information content (AvgIpc) is 3.68. The van der Waals surface area contributed by atoms with Gasteiger partial charge >= 0.3 is 0 Å². The van der Waals surface area contributed by atoms with Gasteiger partial charge in [-0.15, -0.1) is 0 Å². The predicted octanol–water partition coefficient (Wildman–Crippen LogP) is 17.9. The van der Waals surface area contributed by atoms with E-state index in [0.29, 0.717) is 0 Å². The molecule has 8 nitrogen and oxygen atoms in total. The van der Waals surface area contributed by atoms with Crippen molar-refractivity contribution in [2.45, 2.75) is 281 Å². The number of anilines is 1. The molecule has 2 N–H and O–H groups in total. The van der Waals surface area contributed by atoms with Crippen molar-refractivity contribution in [2.24, 2.45) is 0 Å². The smallest absolute Gasteiger partial charge is 0.294 e. The molecule has 0 saturated heterocycles. The van der Waals surface area contributed by atoms with E-state index in [-0.39, 0.29) is 21.9 Å². The molecule has 2 aromatic carbocycles. The molecule has 2 atom stereocenters. The van der Waals surface area contributed by atoms with Gasteiger partial charge in [0.1, 0.15) is 0 Å². The third-order valence-corrected chi connectivity index (χ3v) is 17.5. The lowest BCUT2D eigenvalue weighted by Gasteiger charge is -2.32. The normalized spacial score (nSPS) is 17.0. The Morgan fingerprint density at radius 2 is 0.930 bits per heavy atom. The summed E-state index contributed by atoms with van der Waals surface area (Å²) in [5, 5.41) is 0. The quantitative estimate of drug-likeness (QED) is 0.0300. The lowest BCUT2D eigenvalue weighted by Crippen LogP contribution is -2.33. The van der Waals surface area contributed by atoms with Gasteiger partial charge in [-0.05, 0) is 82.5 Å². The molecular weight excluding hydrogens is 921 g/mol. The van der Waals surface area contributed by atoms with Crippen LogP contribution >= 0.6 is 0 Å². The van der Waals surface area contributed by atoms with E-state index in [1.54, 1.807) is 12.1 Å². The lowest BCUT2D eigenvalue weighted by atomic mass is 9.81. The van der Waals surface area contributed by atoms with E-state index < -0.39 is 31.1 Å². The van der Waals surface area contributed by atoms with Crippen LogP contribution in [0, 0.1) is 0 Å². The Morgan fingerprint density at radius 3 is 1.38 bits per heavy atom. The Hall–Kier alpha value is -3.05. The van der Waals surface area contributed by atoms with Crippen molar-refractivity contribution in [3.8, 4) is 0 Å². The molecule has 2 aliphatic rings. The van der Waals surface area contributed by atoms with E-state index in [9.17, 15) is 25.9 Å². The Bertz CT molecular complexity index is 2270. The van der Waals surface area contributed by atoms with Gasteiger partial charge in [-0.3, -0.25) is 9.11 Å². The Labute approximate surface area is 434 Å². The van der Waals surface area contributed by atoms with E-state index in [4.69, 9.17) is 0 Å². The van der Waals surface area contributed by atoms with E-state index in [1.165, 1.54) is 179 Å². The summed E-state index contributed by atoms with van der Waals surface area (Å²) >= 11 is 0. The second-order valence-corrected chi connectivity index (χ2v) is 25.3. The van der Waals surface area contributed by atoms with Gasteiger partial charge in [0.25, 0.3) is 20.2 Å². The molecule has 10 heteroatoms. The van der Waals surface area contributed by atoms with Crippen LogP contribution in [0.5, 0.6) is 0 Å². The minimum absolute atomic E-state index is 0.0901. The number of hydrogen-bond donors (Lipinski definition) is 2. The van der Waals surface area contributed by atoms with Gasteiger partial charge in [-0.2, -0.15) is 21.4 Å². The summed E-state index contributed by atoms with van der Waals surface area (Å²) in [5.41, 5.74) is 4.81. The molecule has 0 amide bonds. The lowest BCUT2D eigenvalue weighted by molar-refractivity contribution is -0.479. The van der Waals surface area contributed by atoms with Crippen molar-refractivity contribution in [3.63, 3.8) is 0 Å². The van der Waals surface area contributed by atoms with E-state index in [1.807, 2.05) is 18.2 Å². The van der Waals surface area contributed by atoms with Crippen molar-refractivity contribution in [2.75, 3.05) is 4.90 Å². The number of nitrogens with zero attached hydrogens (tertiary/aromatic N) is 2. The molecule has 0 radical (unpaired) electrons. The minimum Gasteiger partial charge on any atom is -0.341 e. The monoisotopic (exact) mass is 1020 g/mol. The van der Waals surface area contributed by atoms with Crippen LogP contribution in [0.4, 0.5) is 11.4 Å². The summed E-state index contributed by atoms with van der Waals surface area (Å²) in [6.45, 7) is 17.6. The molecule has 2 aliphatic heterocycles. The van der Waals surface area contributed by atoms with Crippen LogP contribution in [0.1, 0.15) is 259 Å². The summed E-state index contributed by atoms with van der Waals surface area (Å²) in [7, 11) is -8.75. The fraction of sp³-hybridized carbons (Fsp3) is 0.689. The second kappa shape index (κ2) is 30.4. The first-order valence-corrected chi connectivity index (χ1v) is 31.5. The van der Waals surface area contributed by atoms with Crippen molar-refractivity contribution >= 4 is 37.3 Å². The molecule has 0 spiro atoms. The highest BCUT2D eigenvalue weighted by atomic mass is 32.2. The Kier molecular flexibility index (Phi) is 25.9. The number of benzene rings is 2. The molecule has 2 unspecified atom stereocenters. The van der Waals surface area contributed by atoms with Gasteiger partial charge in [0.15, 0.2) is 11.8 Å². The Morgan fingerprint density at radius 1 is 0.521 bits per heavy atom. The van der Waals surface area contributed by atoms with E-state index in [2.05, 4.69) is 89.2 Å². The van der Waals surface area contributed by atoms with Gasteiger partial charge < -0.3 is 4.90 Å². The summed E-state index contributed by atoms with van der Waals surface area (Å²) in [4.78, 5) is 2.19. The molecule has 0 saturated carbocycles. The average molecular weight is 1020 g/mol. The number of hydrogen-bond acceptors (Lipinski definition) is 5. The van der Waals surface area contributed by atoms with Crippen LogP contribution in [-0.2, 0) is 31.1 Å². The predicted molar refractivity (Wildman–Crippen MR) is 301 cm³/mol. The molecule has 4 rings (SSSR count). The topological polar surface area (TPSA) is 115 Å². The van der Waals surface area contributed by atoms with Crippen molar-refractivity contribution in [1.82, 2.24) is 0 Å². The number of rotatable bonds is 37. The maximum Gasteiger partial charge on any atom is 0.294 e. The zero-order chi connectivity index (χ0) is 51.9. The Balaban J connectivity index is 1.44. The molecule has 0 aliphatic carbocycles. The minimum atomic E-state index is -4.38. The maximum absolute atomic E-state index is 12.3. The number of unbranched alkanes of at least 4 members (excludes halogenated alkanes) is 26. The van der Waals surface area contributed by atoms with Gasteiger partial charge in [-0.25, -0.2) is 0 Å². The molecule has 2 aromatic rings. The standard InChI is InChI=1S/C61H98N2O6S2/c1-9-11-13-15-17-19-21-23-25-27-29-31-33-36-40-50(3)62-56-46-44-52(70(64,65)66)48-54(56)60(5,6)58(62)42-38-35-39-43-59-61(7,8)55-49-53(71(67,68)69)45-47-57(55)63(59)51(4)41-37-34-32-30-28-26-24-22-20-18-16-14-12-10-2/h35,38-39,42-51H,9-34,36-37,40-41H2,1-8H3,(H-,64,65,66,67,68,69)/p+1. The van der Waals surface area contributed by atoms with Gasteiger partial charge in [-0.1, -0.05) is 219 Å². The van der Waals surface area contributed by atoms with Gasteiger partial charge in [0, 0.05) is 47.0 Å². The second-order valence-electron chi connectivity index (χ2n) is 22.4. The largest absolute Gasteiger partial charge is 0.341 e. The molecular formula is C61H99N2O6S2+. The molecule has 0 bridgehead atoms. The third kappa shape index (κ3) is 18.7. The zero-order valence-electron chi connectivity index (χ0n) is 46.0. The summed E-state index contributed by atoms with van der Waals surface area (Å²) in [6.07, 6.45) is 49.4. The maximum atomic E-state index is 12.3. The molecule has 71 heavy (non-hydrogen) atoms. The molecule has 0 fully saturated rings. The van der Waals surface area contributed by atoms with Crippen LogP contribution < -0.4 is 4.90 Å². The zero-order valence-corrected chi connectivity index (χ0v) is 47.6. The van der Waals surface area contributed by atoms with Crippen molar-refractivity contribution in [3.05, 3.63) is 83.6 Å². The first-order valence-electron chi connectivity index (χ1n) is 28.6. The van der Waals surface area contributed by atoms with Crippen LogP contribution in [-0.4, -0.2) is 48.3 Å². The fourth-order valence-corrected chi connectivity index (χ4v) is 12.3.